The molecule has 1 N–H and O–H groups in total. The summed E-state index contributed by atoms with van der Waals surface area (Å²) >= 11 is 3.45. The largest absolute Gasteiger partial charge is 0.461 e. The molecular formula is C14H14BrNO4. The zero-order chi connectivity index (χ0) is 14.1. The molecule has 2 fully saturated rings. The van der Waals surface area contributed by atoms with Crippen molar-refractivity contribution >= 4 is 28.0 Å². The van der Waals surface area contributed by atoms with Gasteiger partial charge in [-0.05, 0) is 12.0 Å². The van der Waals surface area contributed by atoms with Crippen LogP contribution < -0.4 is 5.32 Å². The lowest BCUT2D eigenvalue weighted by Crippen LogP contribution is -2.38. The number of benzene rings is 1. The van der Waals surface area contributed by atoms with Gasteiger partial charge in [0.05, 0.1) is 16.8 Å². The predicted octanol–water partition coefficient (Wildman–Crippen LogP) is 1.99. The third-order valence-corrected chi connectivity index (χ3v) is 4.57. The molecule has 4 unspecified atom stereocenters. The third kappa shape index (κ3) is 2.52. The van der Waals surface area contributed by atoms with Crippen molar-refractivity contribution in [3.63, 3.8) is 0 Å². The van der Waals surface area contributed by atoms with E-state index in [0.29, 0.717) is 6.42 Å². The van der Waals surface area contributed by atoms with Gasteiger partial charge in [0.2, 0.25) is 0 Å². The van der Waals surface area contributed by atoms with E-state index in [1.54, 1.807) is 0 Å². The van der Waals surface area contributed by atoms with Crippen LogP contribution in [0.4, 0.5) is 4.79 Å². The van der Waals surface area contributed by atoms with Gasteiger partial charge >= 0.3 is 12.1 Å². The van der Waals surface area contributed by atoms with E-state index in [-0.39, 0.29) is 35.5 Å². The van der Waals surface area contributed by atoms with Gasteiger partial charge in [0.15, 0.2) is 0 Å². The molecule has 0 aromatic heterocycles. The molecule has 1 amide bonds. The van der Waals surface area contributed by atoms with E-state index in [0.717, 1.165) is 5.56 Å². The molecule has 20 heavy (non-hydrogen) atoms. The molecule has 0 bridgehead atoms. The number of hydrogen-bond acceptors (Lipinski definition) is 4. The summed E-state index contributed by atoms with van der Waals surface area (Å²) in [5, 5.41) is 2.68. The van der Waals surface area contributed by atoms with Gasteiger partial charge in [-0.25, -0.2) is 4.79 Å². The van der Waals surface area contributed by atoms with Crippen molar-refractivity contribution in [1.82, 2.24) is 5.32 Å². The average Bonchev–Trinajstić information content (AvgIpc) is 2.97. The fourth-order valence-electron chi connectivity index (χ4n) is 2.68. The van der Waals surface area contributed by atoms with E-state index >= 15 is 0 Å². The molecule has 6 heteroatoms. The fraction of sp³-hybridized carbons (Fsp3) is 0.429. The van der Waals surface area contributed by atoms with Crippen LogP contribution >= 0.6 is 15.9 Å². The molecule has 3 rings (SSSR count). The summed E-state index contributed by atoms with van der Waals surface area (Å²) in [4.78, 5) is 23.4. The minimum absolute atomic E-state index is 0.0132. The molecule has 1 aliphatic heterocycles. The van der Waals surface area contributed by atoms with E-state index in [1.165, 1.54) is 0 Å². The Bertz CT molecular complexity index is 521. The SMILES string of the molecule is O=C1NC2C(C(=O)OCc3ccccc3)CC(Br)C2O1. The number of nitrogens with one attached hydrogen (secondary N) is 1. The lowest BCUT2D eigenvalue weighted by molar-refractivity contribution is -0.150. The van der Waals surface area contributed by atoms with E-state index in [4.69, 9.17) is 9.47 Å². The minimum Gasteiger partial charge on any atom is -0.461 e. The molecular weight excluding hydrogens is 326 g/mol. The van der Waals surface area contributed by atoms with Crippen molar-refractivity contribution in [2.45, 2.75) is 30.0 Å². The highest BCUT2D eigenvalue weighted by Crippen LogP contribution is 2.37. The third-order valence-electron chi connectivity index (χ3n) is 3.68. The Balaban J connectivity index is 1.61. The van der Waals surface area contributed by atoms with Crippen LogP contribution in [0.2, 0.25) is 0 Å². The molecule has 5 nitrogen and oxygen atoms in total. The summed E-state index contributed by atoms with van der Waals surface area (Å²) in [7, 11) is 0. The van der Waals surface area contributed by atoms with Gasteiger partial charge in [0.25, 0.3) is 0 Å². The molecule has 1 saturated carbocycles. The van der Waals surface area contributed by atoms with E-state index in [2.05, 4.69) is 21.2 Å². The number of rotatable bonds is 3. The molecule has 0 spiro atoms. The Labute approximate surface area is 124 Å². The van der Waals surface area contributed by atoms with Gasteiger partial charge in [0.1, 0.15) is 12.7 Å². The summed E-state index contributed by atoms with van der Waals surface area (Å²) < 4.78 is 10.5. The number of esters is 1. The topological polar surface area (TPSA) is 64.6 Å². The Morgan fingerprint density at radius 1 is 1.40 bits per heavy atom. The van der Waals surface area contributed by atoms with Crippen LogP contribution in [0.15, 0.2) is 30.3 Å². The molecule has 106 valence electrons. The lowest BCUT2D eigenvalue weighted by atomic mass is 10.0. The maximum atomic E-state index is 12.2. The maximum Gasteiger partial charge on any atom is 0.407 e. The van der Waals surface area contributed by atoms with Gasteiger partial charge in [-0.3, -0.25) is 4.79 Å². The number of carbonyl (C=O) groups is 2. The Morgan fingerprint density at radius 2 is 2.15 bits per heavy atom. The van der Waals surface area contributed by atoms with Crippen molar-refractivity contribution in [1.29, 1.82) is 0 Å². The number of alkyl carbamates (subject to hydrolysis) is 1. The molecule has 4 atom stereocenters. The number of fused-ring (bicyclic) bond motifs is 1. The Morgan fingerprint density at radius 3 is 2.90 bits per heavy atom. The van der Waals surface area contributed by atoms with E-state index in [9.17, 15) is 9.59 Å². The first-order valence-electron chi connectivity index (χ1n) is 6.47. The van der Waals surface area contributed by atoms with Crippen LogP contribution in [0.3, 0.4) is 0 Å². The monoisotopic (exact) mass is 339 g/mol. The van der Waals surface area contributed by atoms with Crippen molar-refractivity contribution < 1.29 is 19.1 Å². The second-order valence-corrected chi connectivity index (χ2v) is 6.17. The van der Waals surface area contributed by atoms with Crippen LogP contribution in [0.25, 0.3) is 0 Å². The van der Waals surface area contributed by atoms with E-state index in [1.807, 2.05) is 30.3 Å². The van der Waals surface area contributed by atoms with Gasteiger partial charge in [-0.1, -0.05) is 46.3 Å². The minimum atomic E-state index is -0.468. The number of ether oxygens (including phenoxy) is 2. The highest BCUT2D eigenvalue weighted by Gasteiger charge is 2.53. The van der Waals surface area contributed by atoms with Crippen LogP contribution in [0, 0.1) is 5.92 Å². The molecule has 0 radical (unpaired) electrons. The normalized spacial score (nSPS) is 31.4. The Hall–Kier alpha value is -1.56. The summed E-state index contributed by atoms with van der Waals surface area (Å²) in [6.45, 7) is 0.245. The first kappa shape index (κ1) is 13.4. The second kappa shape index (κ2) is 5.44. The zero-order valence-corrected chi connectivity index (χ0v) is 12.2. The summed E-state index contributed by atoms with van der Waals surface area (Å²) in [5.41, 5.74) is 0.942. The van der Waals surface area contributed by atoms with Gasteiger partial charge in [-0.15, -0.1) is 0 Å². The number of alkyl halides is 1. The van der Waals surface area contributed by atoms with Crippen LogP contribution in [-0.4, -0.2) is 29.0 Å². The van der Waals surface area contributed by atoms with Crippen LogP contribution in [0.1, 0.15) is 12.0 Å². The molecule has 1 aliphatic carbocycles. The van der Waals surface area contributed by atoms with Crippen LogP contribution in [0.5, 0.6) is 0 Å². The van der Waals surface area contributed by atoms with Gasteiger partial charge in [0, 0.05) is 0 Å². The number of hydrogen-bond donors (Lipinski definition) is 1. The number of halogens is 1. The molecule has 1 aromatic rings. The lowest BCUT2D eigenvalue weighted by Gasteiger charge is -2.15. The fourth-order valence-corrected chi connectivity index (χ4v) is 3.52. The molecule has 2 aliphatic rings. The molecule has 1 heterocycles. The smallest absolute Gasteiger partial charge is 0.407 e. The first-order chi connectivity index (χ1) is 9.65. The zero-order valence-electron chi connectivity index (χ0n) is 10.6. The highest BCUT2D eigenvalue weighted by atomic mass is 79.9. The number of amides is 1. The second-order valence-electron chi connectivity index (χ2n) is 4.99. The standard InChI is InChI=1S/C14H14BrNO4/c15-10-6-9(11-12(10)20-14(18)16-11)13(17)19-7-8-4-2-1-3-5-8/h1-5,9-12H,6-7H2,(H,16,18). The highest BCUT2D eigenvalue weighted by molar-refractivity contribution is 9.09. The van der Waals surface area contributed by atoms with Crippen LogP contribution in [-0.2, 0) is 20.9 Å². The van der Waals surface area contributed by atoms with Crippen molar-refractivity contribution in [2.24, 2.45) is 5.92 Å². The maximum absolute atomic E-state index is 12.2. The molecule has 1 saturated heterocycles. The summed E-state index contributed by atoms with van der Waals surface area (Å²) in [5.74, 6) is -0.656. The van der Waals surface area contributed by atoms with Crippen molar-refractivity contribution in [2.75, 3.05) is 0 Å². The average molecular weight is 340 g/mol. The van der Waals surface area contributed by atoms with Gasteiger partial charge in [-0.2, -0.15) is 0 Å². The quantitative estimate of drug-likeness (QED) is 0.675. The van der Waals surface area contributed by atoms with Crippen molar-refractivity contribution in [3.05, 3.63) is 35.9 Å². The van der Waals surface area contributed by atoms with E-state index < -0.39 is 6.09 Å². The Kier molecular flexibility index (Phi) is 3.65. The summed E-state index contributed by atoms with van der Waals surface area (Å²) in [6, 6.07) is 9.21. The summed E-state index contributed by atoms with van der Waals surface area (Å²) in [6.07, 6.45) is -0.162. The first-order valence-corrected chi connectivity index (χ1v) is 7.38. The predicted molar refractivity (Wildman–Crippen MR) is 74.3 cm³/mol. The van der Waals surface area contributed by atoms with Gasteiger partial charge < -0.3 is 14.8 Å². The molecule has 1 aromatic carbocycles. The number of carbonyl (C=O) groups excluding carboxylic acids is 2. The van der Waals surface area contributed by atoms with Crippen molar-refractivity contribution in [3.8, 4) is 0 Å².